The van der Waals surface area contributed by atoms with Gasteiger partial charge in [0.1, 0.15) is 11.5 Å². The lowest BCUT2D eigenvalue weighted by atomic mass is 9.69. The standard InChI is InChI=1S/C35H37N3O/c1-22-15-23(2)32(24(3)16-22)31-20-26(30(21-36)37-8)19-27(39-31)10-9-25-17-28-33-29(18-25)35(6,7)12-14-38(33)13-11-34(28,4)5/h9-10,15-20H,11-14H2,1-7H3/b10-9+,30-26+. The summed E-state index contributed by atoms with van der Waals surface area (Å²) < 4.78 is 6.43. The second-order valence-corrected chi connectivity index (χ2v) is 12.5. The van der Waals surface area contributed by atoms with Gasteiger partial charge in [-0.05, 0) is 108 Å². The van der Waals surface area contributed by atoms with E-state index in [0.29, 0.717) is 17.1 Å². The summed E-state index contributed by atoms with van der Waals surface area (Å²) in [4.78, 5) is 6.06. The molecule has 0 aromatic heterocycles. The van der Waals surface area contributed by atoms with Crippen LogP contribution in [0.5, 0.6) is 0 Å². The Balaban J connectivity index is 1.59. The summed E-state index contributed by atoms with van der Waals surface area (Å²) in [6.07, 6.45) is 10.00. The van der Waals surface area contributed by atoms with Crippen LogP contribution < -0.4 is 4.90 Å². The van der Waals surface area contributed by atoms with Crippen LogP contribution >= 0.6 is 0 Å². The van der Waals surface area contributed by atoms with E-state index in [4.69, 9.17) is 11.3 Å². The van der Waals surface area contributed by atoms with E-state index < -0.39 is 0 Å². The molecule has 3 aliphatic rings. The molecule has 39 heavy (non-hydrogen) atoms. The Morgan fingerprint density at radius 1 is 0.949 bits per heavy atom. The number of nitrogens with zero attached hydrogens (tertiary/aromatic N) is 3. The first-order valence-corrected chi connectivity index (χ1v) is 13.8. The fourth-order valence-electron chi connectivity index (χ4n) is 6.32. The monoisotopic (exact) mass is 515 g/mol. The zero-order valence-electron chi connectivity index (χ0n) is 24.2. The van der Waals surface area contributed by atoms with Gasteiger partial charge in [0.2, 0.25) is 0 Å². The van der Waals surface area contributed by atoms with E-state index in [1.54, 1.807) is 6.08 Å². The first kappa shape index (κ1) is 26.6. The summed E-state index contributed by atoms with van der Waals surface area (Å²) in [5.41, 5.74) is 10.7. The molecule has 0 atom stereocenters. The molecule has 4 heteroatoms. The van der Waals surface area contributed by atoms with Crippen LogP contribution in [0.2, 0.25) is 0 Å². The molecule has 4 nitrogen and oxygen atoms in total. The predicted octanol–water partition coefficient (Wildman–Crippen LogP) is 8.45. The molecule has 3 heterocycles. The van der Waals surface area contributed by atoms with Crippen molar-refractivity contribution in [2.45, 2.75) is 72.1 Å². The number of nitriles is 1. The van der Waals surface area contributed by atoms with Crippen LogP contribution in [0.4, 0.5) is 5.69 Å². The summed E-state index contributed by atoms with van der Waals surface area (Å²) in [6, 6.07) is 11.0. The maximum absolute atomic E-state index is 9.63. The van der Waals surface area contributed by atoms with Crippen LogP contribution in [0.1, 0.15) is 79.5 Å². The van der Waals surface area contributed by atoms with Gasteiger partial charge >= 0.3 is 0 Å². The summed E-state index contributed by atoms with van der Waals surface area (Å²) in [5, 5.41) is 9.63. The van der Waals surface area contributed by atoms with Crippen molar-refractivity contribution in [1.82, 2.24) is 0 Å². The molecule has 5 rings (SSSR count). The van der Waals surface area contributed by atoms with Gasteiger partial charge in [0.05, 0.1) is 12.6 Å². The molecule has 0 unspecified atom stereocenters. The van der Waals surface area contributed by atoms with Gasteiger partial charge in [0.25, 0.3) is 5.70 Å². The average Bonchev–Trinajstić information content (AvgIpc) is 2.86. The van der Waals surface area contributed by atoms with Crippen molar-refractivity contribution in [2.24, 2.45) is 0 Å². The predicted molar refractivity (Wildman–Crippen MR) is 160 cm³/mol. The number of anilines is 1. The Bertz CT molecular complexity index is 1500. The largest absolute Gasteiger partial charge is 0.457 e. The molecule has 0 N–H and O–H groups in total. The number of hydrogen-bond acceptors (Lipinski definition) is 3. The van der Waals surface area contributed by atoms with Gasteiger partial charge in [0.15, 0.2) is 0 Å². The quantitative estimate of drug-likeness (QED) is 0.304. The molecule has 0 spiro atoms. The number of benzene rings is 2. The van der Waals surface area contributed by atoms with E-state index in [1.165, 1.54) is 22.4 Å². The zero-order chi connectivity index (χ0) is 28.1. The lowest BCUT2D eigenvalue weighted by Crippen LogP contribution is -2.44. The van der Waals surface area contributed by atoms with E-state index in [2.05, 4.69) is 94.6 Å². The van der Waals surface area contributed by atoms with E-state index >= 15 is 0 Å². The highest BCUT2D eigenvalue weighted by atomic mass is 16.5. The molecule has 0 amide bonds. The second-order valence-electron chi connectivity index (χ2n) is 12.5. The van der Waals surface area contributed by atoms with Crippen LogP contribution in [-0.2, 0) is 15.6 Å². The summed E-state index contributed by atoms with van der Waals surface area (Å²) in [5.74, 6) is 1.28. The summed E-state index contributed by atoms with van der Waals surface area (Å²) in [7, 11) is 0. The number of ether oxygens (including phenoxy) is 1. The number of aryl methyl sites for hydroxylation is 3. The van der Waals surface area contributed by atoms with Gasteiger partial charge in [-0.25, -0.2) is 10.1 Å². The van der Waals surface area contributed by atoms with Gasteiger partial charge in [0, 0.05) is 24.3 Å². The first-order chi connectivity index (χ1) is 18.4. The second kappa shape index (κ2) is 9.62. The van der Waals surface area contributed by atoms with Crippen LogP contribution in [0.25, 0.3) is 16.7 Å². The smallest absolute Gasteiger partial charge is 0.269 e. The Hall–Kier alpha value is -4.02. The molecule has 2 aromatic rings. The van der Waals surface area contributed by atoms with Crippen molar-refractivity contribution in [3.8, 4) is 6.07 Å². The van der Waals surface area contributed by atoms with Gasteiger partial charge in [-0.15, -0.1) is 0 Å². The van der Waals surface area contributed by atoms with E-state index in [0.717, 1.165) is 48.2 Å². The third-order valence-electron chi connectivity index (χ3n) is 8.59. The highest BCUT2D eigenvalue weighted by molar-refractivity contribution is 5.75. The number of allylic oxidation sites excluding steroid dienone is 5. The van der Waals surface area contributed by atoms with Crippen molar-refractivity contribution < 1.29 is 4.74 Å². The van der Waals surface area contributed by atoms with Crippen molar-refractivity contribution in [3.05, 3.63) is 110 Å². The van der Waals surface area contributed by atoms with Crippen LogP contribution in [0.3, 0.4) is 0 Å². The van der Waals surface area contributed by atoms with Crippen molar-refractivity contribution in [3.63, 3.8) is 0 Å². The van der Waals surface area contributed by atoms with Crippen molar-refractivity contribution >= 4 is 17.5 Å². The maximum atomic E-state index is 9.63. The Morgan fingerprint density at radius 3 is 2.08 bits per heavy atom. The number of hydrogen-bond donors (Lipinski definition) is 0. The van der Waals surface area contributed by atoms with Crippen LogP contribution in [-0.4, -0.2) is 13.1 Å². The fraction of sp³-hybridized carbons (Fsp3) is 0.371. The Labute approximate surface area is 233 Å². The lowest BCUT2D eigenvalue weighted by Gasteiger charge is -2.48. The maximum Gasteiger partial charge on any atom is 0.269 e. The minimum atomic E-state index is 0.0610. The van der Waals surface area contributed by atoms with Crippen molar-refractivity contribution in [2.75, 3.05) is 18.0 Å². The van der Waals surface area contributed by atoms with Gasteiger partial charge < -0.3 is 9.64 Å². The zero-order valence-corrected chi connectivity index (χ0v) is 24.2. The highest BCUT2D eigenvalue weighted by Gasteiger charge is 2.39. The van der Waals surface area contributed by atoms with E-state index in [-0.39, 0.29) is 16.5 Å². The molecule has 0 radical (unpaired) electrons. The molecule has 0 fully saturated rings. The Kier molecular flexibility index (Phi) is 6.56. The minimum absolute atomic E-state index is 0.0610. The molecule has 0 aliphatic carbocycles. The molecule has 3 aliphatic heterocycles. The third kappa shape index (κ3) is 4.81. The van der Waals surface area contributed by atoms with Crippen molar-refractivity contribution in [1.29, 1.82) is 5.26 Å². The highest BCUT2D eigenvalue weighted by Crippen LogP contribution is 2.49. The molecule has 2 aromatic carbocycles. The third-order valence-corrected chi connectivity index (χ3v) is 8.59. The first-order valence-electron chi connectivity index (χ1n) is 13.8. The van der Waals surface area contributed by atoms with Crippen LogP contribution in [0, 0.1) is 38.7 Å². The molecule has 0 saturated carbocycles. The normalized spacial score (nSPS) is 20.3. The lowest BCUT2D eigenvalue weighted by molar-refractivity contribution is 0.396. The minimum Gasteiger partial charge on any atom is -0.457 e. The topological polar surface area (TPSA) is 40.6 Å². The summed E-state index contributed by atoms with van der Waals surface area (Å²) >= 11 is 0. The van der Waals surface area contributed by atoms with E-state index in [1.807, 2.05) is 12.2 Å². The molecular weight excluding hydrogens is 478 g/mol. The van der Waals surface area contributed by atoms with E-state index in [9.17, 15) is 5.26 Å². The summed E-state index contributed by atoms with van der Waals surface area (Å²) in [6.45, 7) is 25.4. The van der Waals surface area contributed by atoms with Gasteiger partial charge in [-0.1, -0.05) is 51.5 Å². The average molecular weight is 516 g/mol. The fourth-order valence-corrected chi connectivity index (χ4v) is 6.32. The number of rotatable bonds is 3. The molecule has 198 valence electrons. The molecular formula is C35H37N3O. The SMILES string of the molecule is [C-]#[N+]/C(C#N)=C1C=C(/C=C/c2cc3c4c(c2)C(C)(C)CCN4CCC3(C)C)OC(c2c(C)cc(C)cc2C)=C\1. The molecule has 0 saturated heterocycles. The van der Waals surface area contributed by atoms with Gasteiger partial charge in [-0.3, -0.25) is 0 Å². The Morgan fingerprint density at radius 2 is 1.54 bits per heavy atom. The van der Waals surface area contributed by atoms with Crippen LogP contribution in [0.15, 0.2) is 59.5 Å². The molecule has 0 bridgehead atoms. The van der Waals surface area contributed by atoms with Gasteiger partial charge in [-0.2, -0.15) is 0 Å².